The van der Waals surface area contributed by atoms with Gasteiger partial charge in [-0.1, -0.05) is 69.3 Å². The number of nitrogens with one attached hydrogen (secondary N) is 2. The van der Waals surface area contributed by atoms with E-state index >= 15 is 0 Å². The van der Waals surface area contributed by atoms with Gasteiger partial charge >= 0.3 is 5.97 Å². The van der Waals surface area contributed by atoms with Crippen LogP contribution in [-0.2, 0) is 26.6 Å². The summed E-state index contributed by atoms with van der Waals surface area (Å²) in [4.78, 5) is 15.4. The van der Waals surface area contributed by atoms with Gasteiger partial charge in [0.25, 0.3) is 0 Å². The van der Waals surface area contributed by atoms with Crippen LogP contribution in [0.4, 0.5) is 5.82 Å². The summed E-state index contributed by atoms with van der Waals surface area (Å²) in [6.45, 7) is 6.41. The monoisotopic (exact) mass is 503 g/mol. The second kappa shape index (κ2) is 11.5. The maximum absolute atomic E-state index is 13.5. The van der Waals surface area contributed by atoms with Gasteiger partial charge in [-0.2, -0.15) is 0 Å². The van der Waals surface area contributed by atoms with Gasteiger partial charge in [0, 0.05) is 6.54 Å². The average Bonchev–Trinajstić information content (AvgIpc) is 2.78. The summed E-state index contributed by atoms with van der Waals surface area (Å²) < 4.78 is 27.0. The SMILES string of the molecule is CC(C)(C)c1ccc(CNC(c2cccc(NCC(=O)O)n2)S(=O)(=O)c2ccccc2)cc1.Cl. The summed E-state index contributed by atoms with van der Waals surface area (Å²) in [5.74, 6) is -0.744. The van der Waals surface area contributed by atoms with Gasteiger partial charge in [-0.15, -0.1) is 12.4 Å². The Labute approximate surface area is 207 Å². The molecule has 0 bridgehead atoms. The van der Waals surface area contributed by atoms with Crippen LogP contribution >= 0.6 is 12.4 Å². The molecule has 7 nitrogen and oxygen atoms in total. The van der Waals surface area contributed by atoms with E-state index in [-0.39, 0.29) is 35.0 Å². The van der Waals surface area contributed by atoms with Gasteiger partial charge in [0.05, 0.1) is 10.6 Å². The Morgan fingerprint density at radius 1 is 0.971 bits per heavy atom. The van der Waals surface area contributed by atoms with Gasteiger partial charge < -0.3 is 10.4 Å². The molecule has 1 aromatic heterocycles. The number of carbonyl (C=O) groups is 1. The number of rotatable bonds is 9. The molecule has 0 aliphatic rings. The van der Waals surface area contributed by atoms with Crippen LogP contribution in [0.25, 0.3) is 0 Å². The van der Waals surface area contributed by atoms with Crippen molar-refractivity contribution < 1.29 is 18.3 Å². The number of carboxylic acid groups (broad SMARTS) is 1. The van der Waals surface area contributed by atoms with Crippen LogP contribution in [0, 0.1) is 0 Å². The number of sulfone groups is 1. The van der Waals surface area contributed by atoms with Crippen LogP contribution in [0.1, 0.15) is 43.0 Å². The van der Waals surface area contributed by atoms with E-state index in [1.54, 1.807) is 48.5 Å². The second-order valence-electron chi connectivity index (χ2n) is 8.76. The summed E-state index contributed by atoms with van der Waals surface area (Å²) in [6.07, 6.45) is 0. The number of carboxylic acids is 1. The van der Waals surface area contributed by atoms with Gasteiger partial charge in [-0.3, -0.25) is 10.1 Å². The highest BCUT2D eigenvalue weighted by molar-refractivity contribution is 7.91. The van der Waals surface area contributed by atoms with Crippen LogP contribution in [0.2, 0.25) is 0 Å². The Hall–Kier alpha value is -2.94. The van der Waals surface area contributed by atoms with Crippen molar-refractivity contribution in [1.29, 1.82) is 0 Å². The van der Waals surface area contributed by atoms with Crippen molar-refractivity contribution in [3.8, 4) is 0 Å². The van der Waals surface area contributed by atoms with Crippen molar-refractivity contribution in [1.82, 2.24) is 10.3 Å². The molecule has 2 aromatic carbocycles. The molecule has 0 amide bonds. The summed E-state index contributed by atoms with van der Waals surface area (Å²) in [6, 6.07) is 21.1. The highest BCUT2D eigenvalue weighted by atomic mass is 35.5. The molecule has 34 heavy (non-hydrogen) atoms. The van der Waals surface area contributed by atoms with Crippen molar-refractivity contribution in [3.05, 3.63) is 89.6 Å². The molecule has 0 saturated heterocycles. The van der Waals surface area contributed by atoms with Crippen LogP contribution in [0.3, 0.4) is 0 Å². The molecular weight excluding hydrogens is 474 g/mol. The van der Waals surface area contributed by atoms with E-state index < -0.39 is 21.2 Å². The molecule has 0 saturated carbocycles. The molecule has 1 unspecified atom stereocenters. The first-order valence-corrected chi connectivity index (χ1v) is 12.2. The Balaban J connectivity index is 0.00000408. The number of halogens is 1. The summed E-state index contributed by atoms with van der Waals surface area (Å²) in [5, 5.41) is 13.6. The smallest absolute Gasteiger partial charge is 0.322 e. The van der Waals surface area contributed by atoms with E-state index in [4.69, 9.17) is 5.11 Å². The largest absolute Gasteiger partial charge is 0.480 e. The first kappa shape index (κ1) is 27.3. The van der Waals surface area contributed by atoms with Crippen molar-refractivity contribution >= 4 is 34.0 Å². The maximum Gasteiger partial charge on any atom is 0.322 e. The Kier molecular flexibility index (Phi) is 9.21. The van der Waals surface area contributed by atoms with E-state index in [0.717, 1.165) is 5.56 Å². The number of pyridine rings is 1. The molecule has 0 radical (unpaired) electrons. The minimum Gasteiger partial charge on any atom is -0.480 e. The van der Waals surface area contributed by atoms with Crippen LogP contribution in [-0.4, -0.2) is 31.0 Å². The number of aliphatic carboxylic acids is 1. The lowest BCUT2D eigenvalue weighted by Gasteiger charge is -2.21. The minimum absolute atomic E-state index is 0. The molecule has 0 aliphatic carbocycles. The highest BCUT2D eigenvalue weighted by Gasteiger charge is 2.30. The van der Waals surface area contributed by atoms with Crippen LogP contribution < -0.4 is 10.6 Å². The number of nitrogens with zero attached hydrogens (tertiary/aromatic N) is 1. The van der Waals surface area contributed by atoms with Crippen molar-refractivity contribution in [2.24, 2.45) is 0 Å². The predicted molar refractivity (Wildman–Crippen MR) is 136 cm³/mol. The Morgan fingerprint density at radius 3 is 2.21 bits per heavy atom. The lowest BCUT2D eigenvalue weighted by Crippen LogP contribution is -2.29. The van der Waals surface area contributed by atoms with E-state index in [9.17, 15) is 13.2 Å². The van der Waals surface area contributed by atoms with Gasteiger partial charge in [0.15, 0.2) is 15.2 Å². The number of hydrogen-bond acceptors (Lipinski definition) is 6. The quantitative estimate of drug-likeness (QED) is 0.392. The third-order valence-electron chi connectivity index (χ3n) is 5.15. The molecule has 0 fully saturated rings. The van der Waals surface area contributed by atoms with Gasteiger partial charge in [0.1, 0.15) is 12.4 Å². The van der Waals surface area contributed by atoms with Crippen LogP contribution in [0.5, 0.6) is 0 Å². The molecule has 3 rings (SSSR count). The normalized spacial score (nSPS) is 12.4. The summed E-state index contributed by atoms with van der Waals surface area (Å²) in [5.41, 5.74) is 2.44. The average molecular weight is 504 g/mol. The van der Waals surface area contributed by atoms with E-state index in [1.807, 2.05) is 24.3 Å². The zero-order chi connectivity index (χ0) is 24.1. The van der Waals surface area contributed by atoms with E-state index in [1.165, 1.54) is 5.56 Å². The molecule has 9 heteroatoms. The molecule has 182 valence electrons. The fourth-order valence-corrected chi connectivity index (χ4v) is 4.88. The zero-order valence-electron chi connectivity index (χ0n) is 19.4. The van der Waals surface area contributed by atoms with Gasteiger partial charge in [-0.25, -0.2) is 13.4 Å². The molecule has 1 atom stereocenters. The third kappa shape index (κ3) is 7.03. The van der Waals surface area contributed by atoms with Crippen molar-refractivity contribution in [3.63, 3.8) is 0 Å². The third-order valence-corrected chi connectivity index (χ3v) is 7.11. The molecular formula is C25H30ClN3O4S. The summed E-state index contributed by atoms with van der Waals surface area (Å²) in [7, 11) is -3.82. The highest BCUT2D eigenvalue weighted by Crippen LogP contribution is 2.27. The number of aromatic nitrogens is 1. The molecule has 3 N–H and O–H groups in total. The topological polar surface area (TPSA) is 108 Å². The number of hydrogen-bond donors (Lipinski definition) is 3. The van der Waals surface area contributed by atoms with Crippen molar-refractivity contribution in [2.45, 2.75) is 43.0 Å². The first-order valence-electron chi connectivity index (χ1n) is 10.6. The van der Waals surface area contributed by atoms with Gasteiger partial charge in [0.2, 0.25) is 0 Å². The Morgan fingerprint density at radius 2 is 1.62 bits per heavy atom. The minimum atomic E-state index is -3.82. The van der Waals surface area contributed by atoms with Crippen LogP contribution in [0.15, 0.2) is 77.7 Å². The maximum atomic E-state index is 13.5. The number of anilines is 1. The summed E-state index contributed by atoms with van der Waals surface area (Å²) >= 11 is 0. The fraction of sp³-hybridized carbons (Fsp3) is 0.280. The first-order chi connectivity index (χ1) is 15.6. The second-order valence-corrected chi connectivity index (χ2v) is 10.8. The van der Waals surface area contributed by atoms with E-state index in [2.05, 4.69) is 36.4 Å². The van der Waals surface area contributed by atoms with Crippen molar-refractivity contribution in [2.75, 3.05) is 11.9 Å². The Bertz CT molecular complexity index is 1190. The zero-order valence-corrected chi connectivity index (χ0v) is 21.0. The molecule has 0 spiro atoms. The standard InChI is InChI=1S/C25H29N3O4S.ClH/c1-25(2,3)19-14-12-18(13-15-19)16-27-24(33(31,32)20-8-5-4-6-9-20)21-10-7-11-22(28-21)26-17-23(29)30;/h4-15,24,27H,16-17H2,1-3H3,(H,26,28)(H,29,30);1H. The van der Waals surface area contributed by atoms with Gasteiger partial charge in [-0.05, 0) is 40.8 Å². The molecule has 1 heterocycles. The molecule has 3 aromatic rings. The van der Waals surface area contributed by atoms with E-state index in [0.29, 0.717) is 12.4 Å². The predicted octanol–water partition coefficient (Wildman–Crippen LogP) is 4.56. The lowest BCUT2D eigenvalue weighted by atomic mass is 9.87. The lowest BCUT2D eigenvalue weighted by molar-refractivity contribution is -0.134. The number of benzene rings is 2. The fourth-order valence-electron chi connectivity index (χ4n) is 3.31. The molecule has 0 aliphatic heterocycles.